The smallest absolute Gasteiger partial charge is 0.226 e. The summed E-state index contributed by atoms with van der Waals surface area (Å²) in [5, 5.41) is 7.05. The van der Waals surface area contributed by atoms with E-state index in [1.165, 1.54) is 24.8 Å². The Morgan fingerprint density at radius 2 is 1.82 bits per heavy atom. The zero-order valence-electron chi connectivity index (χ0n) is 13.2. The first-order valence-electron chi connectivity index (χ1n) is 8.84. The van der Waals surface area contributed by atoms with Crippen LogP contribution in [0.5, 0.6) is 0 Å². The lowest BCUT2D eigenvalue weighted by Gasteiger charge is -2.42. The largest absolute Gasteiger partial charge is 0.353 e. The maximum absolute atomic E-state index is 12.9. The summed E-state index contributed by atoms with van der Waals surface area (Å²) in [6.45, 7) is 0. The Morgan fingerprint density at radius 3 is 2.41 bits per heavy atom. The van der Waals surface area contributed by atoms with Crippen LogP contribution in [0.2, 0.25) is 0 Å². The predicted molar refractivity (Wildman–Crippen MR) is 87.5 cm³/mol. The van der Waals surface area contributed by atoms with Crippen molar-refractivity contribution in [3.63, 3.8) is 0 Å². The molecule has 0 spiro atoms. The van der Waals surface area contributed by atoms with E-state index < -0.39 is 0 Å². The molecular formula is C19H26N2O. The predicted octanol–water partition coefficient (Wildman–Crippen LogP) is 2.80. The lowest BCUT2D eigenvalue weighted by atomic mass is 9.64. The standard InChI is InChI=1S/C19H26N2O/c22-18(21-17-11-15-7-8-16(12-17)20-15)19(9-4-10-19)13-14-5-2-1-3-6-14/h1-3,5-6,15-17,20H,4,7-13H2,(H,21,22). The van der Waals surface area contributed by atoms with E-state index in [0.29, 0.717) is 24.0 Å². The van der Waals surface area contributed by atoms with Gasteiger partial charge >= 0.3 is 0 Å². The van der Waals surface area contributed by atoms with Crippen LogP contribution in [0, 0.1) is 5.41 Å². The molecule has 2 saturated heterocycles. The summed E-state index contributed by atoms with van der Waals surface area (Å²) in [5.74, 6) is 0.314. The maximum Gasteiger partial charge on any atom is 0.226 e. The Hall–Kier alpha value is -1.35. The second kappa shape index (κ2) is 5.69. The third kappa shape index (κ3) is 2.67. The fourth-order valence-corrected chi connectivity index (χ4v) is 4.59. The first-order valence-corrected chi connectivity index (χ1v) is 8.84. The number of nitrogens with one attached hydrogen (secondary N) is 2. The molecule has 4 rings (SSSR count). The van der Waals surface area contributed by atoms with Gasteiger partial charge in [0.25, 0.3) is 0 Å². The summed E-state index contributed by atoms with van der Waals surface area (Å²) in [6.07, 6.45) is 8.98. The average molecular weight is 298 g/mol. The van der Waals surface area contributed by atoms with Gasteiger partial charge < -0.3 is 10.6 Å². The third-order valence-corrected chi connectivity index (χ3v) is 5.99. The second-order valence-electron chi connectivity index (χ2n) is 7.58. The zero-order chi connectivity index (χ0) is 15.0. The molecule has 1 aliphatic carbocycles. The van der Waals surface area contributed by atoms with Crippen LogP contribution < -0.4 is 10.6 Å². The minimum atomic E-state index is -0.134. The molecule has 2 aliphatic heterocycles. The van der Waals surface area contributed by atoms with Crippen LogP contribution in [0.15, 0.2) is 30.3 Å². The van der Waals surface area contributed by atoms with Crippen LogP contribution in [0.3, 0.4) is 0 Å². The molecule has 2 bridgehead atoms. The van der Waals surface area contributed by atoms with Gasteiger partial charge in [0.05, 0.1) is 5.41 Å². The summed E-state index contributed by atoms with van der Waals surface area (Å²) in [7, 11) is 0. The Kier molecular flexibility index (Phi) is 3.69. The SMILES string of the molecule is O=C(NC1CC2CCC(C1)N2)C1(Cc2ccccc2)CCC1. The summed E-state index contributed by atoms with van der Waals surface area (Å²) in [6, 6.07) is 12.2. The summed E-state index contributed by atoms with van der Waals surface area (Å²) < 4.78 is 0. The molecule has 2 atom stereocenters. The van der Waals surface area contributed by atoms with Gasteiger partial charge in [-0.15, -0.1) is 0 Å². The van der Waals surface area contributed by atoms with Crippen molar-refractivity contribution < 1.29 is 4.79 Å². The van der Waals surface area contributed by atoms with Gasteiger partial charge in [-0.2, -0.15) is 0 Å². The Balaban J connectivity index is 1.41. The number of rotatable bonds is 4. The number of hydrogen-bond donors (Lipinski definition) is 2. The fraction of sp³-hybridized carbons (Fsp3) is 0.632. The van der Waals surface area contributed by atoms with E-state index in [2.05, 4.69) is 34.9 Å². The van der Waals surface area contributed by atoms with Gasteiger partial charge in [0.2, 0.25) is 5.91 Å². The molecule has 0 aromatic heterocycles. The molecule has 1 amide bonds. The molecule has 3 aliphatic rings. The van der Waals surface area contributed by atoms with Crippen LogP contribution >= 0.6 is 0 Å². The van der Waals surface area contributed by atoms with Crippen LogP contribution in [-0.2, 0) is 11.2 Å². The molecule has 2 N–H and O–H groups in total. The molecule has 22 heavy (non-hydrogen) atoms. The number of hydrogen-bond acceptors (Lipinski definition) is 2. The lowest BCUT2D eigenvalue weighted by molar-refractivity contribution is -0.137. The average Bonchev–Trinajstić information content (AvgIpc) is 2.83. The summed E-state index contributed by atoms with van der Waals surface area (Å²) >= 11 is 0. The van der Waals surface area contributed by atoms with E-state index in [1.807, 2.05) is 6.07 Å². The molecule has 2 unspecified atom stereocenters. The molecule has 0 radical (unpaired) electrons. The third-order valence-electron chi connectivity index (χ3n) is 5.99. The molecule has 1 saturated carbocycles. The van der Waals surface area contributed by atoms with E-state index in [-0.39, 0.29) is 5.41 Å². The van der Waals surface area contributed by atoms with Crippen molar-refractivity contribution in [2.45, 2.75) is 69.5 Å². The van der Waals surface area contributed by atoms with Crippen LogP contribution in [0.25, 0.3) is 0 Å². The first-order chi connectivity index (χ1) is 10.7. The number of amides is 1. The van der Waals surface area contributed by atoms with Gasteiger partial charge in [0.15, 0.2) is 0 Å². The molecule has 118 valence electrons. The van der Waals surface area contributed by atoms with Gasteiger partial charge in [-0.25, -0.2) is 0 Å². The molecule has 3 fully saturated rings. The quantitative estimate of drug-likeness (QED) is 0.897. The fourth-order valence-electron chi connectivity index (χ4n) is 4.59. The highest BCUT2D eigenvalue weighted by molar-refractivity contribution is 5.84. The van der Waals surface area contributed by atoms with Gasteiger partial charge in [0, 0.05) is 18.1 Å². The number of benzene rings is 1. The van der Waals surface area contributed by atoms with Gasteiger partial charge in [0.1, 0.15) is 0 Å². The number of fused-ring (bicyclic) bond motifs is 2. The van der Waals surface area contributed by atoms with Crippen molar-refractivity contribution in [3.8, 4) is 0 Å². The lowest BCUT2D eigenvalue weighted by Crippen LogP contribution is -2.54. The monoisotopic (exact) mass is 298 g/mol. The minimum Gasteiger partial charge on any atom is -0.353 e. The molecule has 3 heteroatoms. The Bertz CT molecular complexity index is 526. The van der Waals surface area contributed by atoms with Gasteiger partial charge in [-0.05, 0) is 50.5 Å². The number of carbonyl (C=O) groups is 1. The van der Waals surface area contributed by atoms with Gasteiger partial charge in [-0.1, -0.05) is 36.8 Å². The van der Waals surface area contributed by atoms with Crippen LogP contribution in [-0.4, -0.2) is 24.0 Å². The van der Waals surface area contributed by atoms with Crippen molar-refractivity contribution in [2.24, 2.45) is 5.41 Å². The maximum atomic E-state index is 12.9. The van der Waals surface area contributed by atoms with E-state index in [9.17, 15) is 4.79 Å². The van der Waals surface area contributed by atoms with Crippen molar-refractivity contribution >= 4 is 5.91 Å². The minimum absolute atomic E-state index is 0.134. The molecule has 1 aromatic carbocycles. The van der Waals surface area contributed by atoms with E-state index in [0.717, 1.165) is 32.1 Å². The summed E-state index contributed by atoms with van der Waals surface area (Å²) in [4.78, 5) is 12.9. The highest BCUT2D eigenvalue weighted by atomic mass is 16.2. The van der Waals surface area contributed by atoms with Crippen molar-refractivity contribution in [1.29, 1.82) is 0 Å². The van der Waals surface area contributed by atoms with Gasteiger partial charge in [-0.3, -0.25) is 4.79 Å². The zero-order valence-corrected chi connectivity index (χ0v) is 13.2. The molecule has 2 heterocycles. The Labute approximate surface area is 132 Å². The Morgan fingerprint density at radius 1 is 1.14 bits per heavy atom. The number of carbonyl (C=O) groups excluding carboxylic acids is 1. The van der Waals surface area contributed by atoms with E-state index >= 15 is 0 Å². The highest BCUT2D eigenvalue weighted by Gasteiger charge is 2.45. The van der Waals surface area contributed by atoms with E-state index in [4.69, 9.17) is 0 Å². The number of piperidine rings is 1. The molecular weight excluding hydrogens is 272 g/mol. The normalized spacial score (nSPS) is 32.3. The van der Waals surface area contributed by atoms with Crippen LogP contribution in [0.1, 0.15) is 50.5 Å². The van der Waals surface area contributed by atoms with Crippen molar-refractivity contribution in [3.05, 3.63) is 35.9 Å². The molecule has 3 nitrogen and oxygen atoms in total. The summed E-state index contributed by atoms with van der Waals surface area (Å²) in [5.41, 5.74) is 1.16. The highest BCUT2D eigenvalue weighted by Crippen LogP contribution is 2.44. The van der Waals surface area contributed by atoms with Crippen molar-refractivity contribution in [2.75, 3.05) is 0 Å². The van der Waals surface area contributed by atoms with Crippen molar-refractivity contribution in [1.82, 2.24) is 10.6 Å². The second-order valence-corrected chi connectivity index (χ2v) is 7.58. The first kappa shape index (κ1) is 14.3. The van der Waals surface area contributed by atoms with Crippen LogP contribution in [0.4, 0.5) is 0 Å². The topological polar surface area (TPSA) is 41.1 Å². The van der Waals surface area contributed by atoms with E-state index in [1.54, 1.807) is 0 Å². The molecule has 1 aromatic rings.